The zero-order valence-corrected chi connectivity index (χ0v) is 17.1. The molecule has 2 fully saturated rings. The van der Waals surface area contributed by atoms with Crippen LogP contribution in [0.4, 0.5) is 0 Å². The van der Waals surface area contributed by atoms with Crippen LogP contribution in [0.5, 0.6) is 0 Å². The van der Waals surface area contributed by atoms with Crippen LogP contribution in [0.3, 0.4) is 0 Å². The molecule has 6 heteroatoms. The summed E-state index contributed by atoms with van der Waals surface area (Å²) in [5.41, 5.74) is 0. The third kappa shape index (κ3) is 5.84. The van der Waals surface area contributed by atoms with Gasteiger partial charge in [0.2, 0.25) is 11.8 Å². The average molecular weight is 391 g/mol. The molecule has 0 aromatic carbocycles. The van der Waals surface area contributed by atoms with Gasteiger partial charge in [-0.1, -0.05) is 26.2 Å². The maximum absolute atomic E-state index is 13.2. The molecule has 2 heterocycles. The van der Waals surface area contributed by atoms with Crippen LogP contribution in [-0.4, -0.2) is 54.0 Å². The maximum Gasteiger partial charge on any atom is 0.242 e. The molecule has 1 aliphatic carbocycles. The molecule has 1 aliphatic heterocycles. The van der Waals surface area contributed by atoms with Gasteiger partial charge in [-0.15, -0.1) is 0 Å². The van der Waals surface area contributed by atoms with Crippen LogP contribution in [0.1, 0.15) is 64.1 Å². The van der Waals surface area contributed by atoms with Crippen molar-refractivity contribution >= 4 is 11.8 Å². The maximum atomic E-state index is 13.2. The molecule has 0 N–H and O–H groups in total. The number of rotatable bonds is 9. The van der Waals surface area contributed by atoms with Crippen LogP contribution in [0.15, 0.2) is 22.8 Å². The van der Waals surface area contributed by atoms with Crippen molar-refractivity contribution < 1.29 is 18.7 Å². The van der Waals surface area contributed by atoms with Crippen molar-refractivity contribution in [1.82, 2.24) is 9.80 Å². The summed E-state index contributed by atoms with van der Waals surface area (Å²) in [5.74, 6) is 0.978. The third-order valence-corrected chi connectivity index (χ3v) is 5.81. The number of furan rings is 1. The molecular formula is C22H34N2O4. The van der Waals surface area contributed by atoms with Gasteiger partial charge in [0.25, 0.3) is 0 Å². The molecule has 0 bridgehead atoms. The average Bonchev–Trinajstić information content (AvgIpc) is 3.41. The van der Waals surface area contributed by atoms with Crippen LogP contribution >= 0.6 is 0 Å². The molecule has 6 nitrogen and oxygen atoms in total. The Morgan fingerprint density at radius 1 is 1.11 bits per heavy atom. The van der Waals surface area contributed by atoms with Crippen molar-refractivity contribution in [2.24, 2.45) is 5.92 Å². The number of amides is 2. The van der Waals surface area contributed by atoms with E-state index < -0.39 is 0 Å². The number of hydrogen-bond donors (Lipinski definition) is 0. The van der Waals surface area contributed by atoms with Gasteiger partial charge in [0, 0.05) is 25.6 Å². The van der Waals surface area contributed by atoms with Crippen molar-refractivity contribution in [2.75, 3.05) is 26.2 Å². The van der Waals surface area contributed by atoms with Crippen LogP contribution in [0, 0.1) is 5.92 Å². The van der Waals surface area contributed by atoms with Crippen LogP contribution < -0.4 is 0 Å². The van der Waals surface area contributed by atoms with E-state index in [0.717, 1.165) is 57.3 Å². The topological polar surface area (TPSA) is 63.0 Å². The second kappa shape index (κ2) is 10.6. The normalized spacial score (nSPS) is 20.2. The molecule has 1 atom stereocenters. The first-order valence-electron chi connectivity index (χ1n) is 10.9. The Morgan fingerprint density at radius 3 is 2.57 bits per heavy atom. The van der Waals surface area contributed by atoms with E-state index in [4.69, 9.17) is 9.15 Å². The van der Waals surface area contributed by atoms with E-state index in [0.29, 0.717) is 19.6 Å². The standard InChI is InChI=1S/C22H34N2O4/c1-2-12-23(22(26)18-8-4-3-5-9-18)17-21(25)24(15-19-10-6-13-27-19)16-20-11-7-14-28-20/h6,10,13,18,20H,2-5,7-9,11-12,14-17H2,1H3/t20-/m0/s1. The molecule has 1 aromatic heterocycles. The van der Waals surface area contributed by atoms with Gasteiger partial charge in [-0.05, 0) is 44.2 Å². The number of hydrogen-bond acceptors (Lipinski definition) is 4. The molecule has 2 amide bonds. The van der Waals surface area contributed by atoms with E-state index in [1.54, 1.807) is 16.1 Å². The predicted molar refractivity (Wildman–Crippen MR) is 107 cm³/mol. The van der Waals surface area contributed by atoms with Gasteiger partial charge in [-0.2, -0.15) is 0 Å². The minimum atomic E-state index is -0.0236. The van der Waals surface area contributed by atoms with Crippen molar-refractivity contribution in [2.45, 2.75) is 70.9 Å². The molecule has 1 aromatic rings. The van der Waals surface area contributed by atoms with E-state index in [9.17, 15) is 9.59 Å². The van der Waals surface area contributed by atoms with Gasteiger partial charge in [-0.3, -0.25) is 9.59 Å². The number of nitrogens with zero attached hydrogens (tertiary/aromatic N) is 2. The SMILES string of the molecule is CCCN(CC(=O)N(Cc1ccco1)C[C@@H]1CCCO1)C(=O)C1CCCCC1. The van der Waals surface area contributed by atoms with E-state index in [2.05, 4.69) is 6.92 Å². The van der Waals surface area contributed by atoms with Crippen LogP contribution in [-0.2, 0) is 20.9 Å². The fourth-order valence-electron chi connectivity index (χ4n) is 4.29. The molecule has 0 radical (unpaired) electrons. The summed E-state index contributed by atoms with van der Waals surface area (Å²) >= 11 is 0. The lowest BCUT2D eigenvalue weighted by atomic mass is 9.88. The second-order valence-electron chi connectivity index (χ2n) is 8.08. The van der Waals surface area contributed by atoms with Crippen LogP contribution in [0.2, 0.25) is 0 Å². The molecule has 1 saturated heterocycles. The van der Waals surface area contributed by atoms with Gasteiger partial charge < -0.3 is 19.0 Å². The Hall–Kier alpha value is -1.82. The van der Waals surface area contributed by atoms with Gasteiger partial charge in [-0.25, -0.2) is 0 Å². The zero-order valence-electron chi connectivity index (χ0n) is 17.1. The Morgan fingerprint density at radius 2 is 1.93 bits per heavy atom. The highest BCUT2D eigenvalue weighted by atomic mass is 16.5. The summed E-state index contributed by atoms with van der Waals surface area (Å²) in [6, 6.07) is 3.72. The zero-order chi connectivity index (χ0) is 19.8. The van der Waals surface area contributed by atoms with E-state index in [1.807, 2.05) is 12.1 Å². The summed E-state index contributed by atoms with van der Waals surface area (Å²) in [6.45, 7) is 4.57. The lowest BCUT2D eigenvalue weighted by Crippen LogP contribution is -2.47. The van der Waals surface area contributed by atoms with Crippen LogP contribution in [0.25, 0.3) is 0 Å². The lowest BCUT2D eigenvalue weighted by Gasteiger charge is -2.31. The minimum Gasteiger partial charge on any atom is -0.467 e. The smallest absolute Gasteiger partial charge is 0.242 e. The Bertz CT molecular complexity index is 604. The summed E-state index contributed by atoms with van der Waals surface area (Å²) < 4.78 is 11.2. The first-order chi connectivity index (χ1) is 13.7. The highest BCUT2D eigenvalue weighted by molar-refractivity contribution is 5.86. The number of ether oxygens (including phenoxy) is 1. The number of carbonyl (C=O) groups is 2. The first-order valence-corrected chi connectivity index (χ1v) is 10.9. The lowest BCUT2D eigenvalue weighted by molar-refractivity contribution is -0.144. The second-order valence-corrected chi connectivity index (χ2v) is 8.08. The Balaban J connectivity index is 1.65. The molecule has 1 saturated carbocycles. The molecule has 156 valence electrons. The molecule has 2 aliphatic rings. The van der Waals surface area contributed by atoms with E-state index in [-0.39, 0.29) is 30.4 Å². The van der Waals surface area contributed by atoms with Gasteiger partial charge >= 0.3 is 0 Å². The van der Waals surface area contributed by atoms with Crippen molar-refractivity contribution in [3.05, 3.63) is 24.2 Å². The molecule has 3 rings (SSSR count). The van der Waals surface area contributed by atoms with Gasteiger partial charge in [0.1, 0.15) is 5.76 Å². The first kappa shape index (κ1) is 20.9. The summed E-state index contributed by atoms with van der Waals surface area (Å²) in [7, 11) is 0. The number of carbonyl (C=O) groups excluding carboxylic acids is 2. The summed E-state index contributed by atoms with van der Waals surface area (Å²) in [4.78, 5) is 29.8. The van der Waals surface area contributed by atoms with Gasteiger partial charge in [0.05, 0.1) is 25.5 Å². The Kier molecular flexibility index (Phi) is 7.95. The molecular weight excluding hydrogens is 356 g/mol. The molecule has 28 heavy (non-hydrogen) atoms. The van der Waals surface area contributed by atoms with E-state index >= 15 is 0 Å². The predicted octanol–water partition coefficient (Wildman–Crippen LogP) is 3.61. The third-order valence-electron chi connectivity index (χ3n) is 5.81. The summed E-state index contributed by atoms with van der Waals surface area (Å²) in [5, 5.41) is 0. The van der Waals surface area contributed by atoms with Crippen molar-refractivity contribution in [1.29, 1.82) is 0 Å². The van der Waals surface area contributed by atoms with Gasteiger partial charge in [0.15, 0.2) is 0 Å². The fourth-order valence-corrected chi connectivity index (χ4v) is 4.29. The minimum absolute atomic E-state index is 0.0236. The summed E-state index contributed by atoms with van der Waals surface area (Å²) in [6.07, 6.45) is 9.94. The molecule has 0 unspecified atom stereocenters. The Labute approximate surface area is 168 Å². The fraction of sp³-hybridized carbons (Fsp3) is 0.727. The van der Waals surface area contributed by atoms with Crippen molar-refractivity contribution in [3.8, 4) is 0 Å². The highest BCUT2D eigenvalue weighted by Gasteiger charge is 2.29. The van der Waals surface area contributed by atoms with Crippen molar-refractivity contribution in [3.63, 3.8) is 0 Å². The largest absolute Gasteiger partial charge is 0.467 e. The highest BCUT2D eigenvalue weighted by Crippen LogP contribution is 2.25. The monoisotopic (exact) mass is 390 g/mol. The van der Waals surface area contributed by atoms with E-state index in [1.165, 1.54) is 6.42 Å². The quantitative estimate of drug-likeness (QED) is 0.646. The molecule has 0 spiro atoms.